The number of halogens is 2. The molecule has 0 aliphatic heterocycles. The van der Waals surface area contributed by atoms with Crippen LogP contribution >= 0.6 is 46.6 Å². The van der Waals surface area contributed by atoms with Crippen molar-refractivity contribution in [2.75, 3.05) is 26.2 Å². The summed E-state index contributed by atoms with van der Waals surface area (Å²) in [5, 5.41) is 16.2. The number of rotatable bonds is 8. The topological polar surface area (TPSA) is 65.9 Å². The van der Waals surface area contributed by atoms with E-state index in [-0.39, 0.29) is 30.6 Å². The van der Waals surface area contributed by atoms with Gasteiger partial charge in [-0.25, -0.2) is 0 Å². The van der Waals surface area contributed by atoms with Gasteiger partial charge in [0.15, 0.2) is 5.96 Å². The minimum Gasteiger partial charge on any atom is -0.491 e. The summed E-state index contributed by atoms with van der Waals surface area (Å²) in [5.41, 5.74) is 0. The van der Waals surface area contributed by atoms with Gasteiger partial charge >= 0.3 is 0 Å². The molecule has 0 bridgehead atoms. The number of nitrogens with zero attached hydrogens (tertiary/aromatic N) is 1. The Morgan fingerprint density at radius 3 is 2.55 bits per heavy atom. The highest BCUT2D eigenvalue weighted by molar-refractivity contribution is 14.1. The van der Waals surface area contributed by atoms with E-state index in [1.807, 2.05) is 31.2 Å². The van der Waals surface area contributed by atoms with Gasteiger partial charge in [0.1, 0.15) is 18.5 Å². The maximum atomic E-state index is 9.92. The summed E-state index contributed by atoms with van der Waals surface area (Å²) in [5.74, 6) is 1.49. The SMILES string of the molecule is CCCNC(=NCC(O)COc1ccc(I)cc1)NCC.I. The fraction of sp³-hybridized carbons (Fsp3) is 0.533. The first-order valence-electron chi connectivity index (χ1n) is 7.24. The molecule has 1 atom stereocenters. The van der Waals surface area contributed by atoms with Gasteiger partial charge in [-0.2, -0.15) is 0 Å². The second-order valence-electron chi connectivity index (χ2n) is 4.57. The summed E-state index contributed by atoms with van der Waals surface area (Å²) in [6.45, 7) is 6.31. The zero-order chi connectivity index (χ0) is 15.5. The Labute approximate surface area is 163 Å². The van der Waals surface area contributed by atoms with E-state index < -0.39 is 6.10 Å². The van der Waals surface area contributed by atoms with Crippen molar-refractivity contribution in [3.63, 3.8) is 0 Å². The van der Waals surface area contributed by atoms with Crippen LogP contribution in [-0.4, -0.2) is 43.4 Å². The predicted octanol–water partition coefficient (Wildman–Crippen LogP) is 2.61. The number of hydrogen-bond acceptors (Lipinski definition) is 3. The second-order valence-corrected chi connectivity index (χ2v) is 5.81. The van der Waals surface area contributed by atoms with E-state index in [0.29, 0.717) is 6.54 Å². The standard InChI is InChI=1S/C15H24IN3O2.HI/c1-3-9-18-15(17-4-2)19-10-13(20)11-21-14-7-5-12(16)6-8-14;/h5-8,13,20H,3-4,9-11H2,1-2H3,(H2,17,18,19);1H. The average molecular weight is 533 g/mol. The van der Waals surface area contributed by atoms with Crippen LogP contribution in [0.3, 0.4) is 0 Å². The normalized spacial score (nSPS) is 12.3. The first-order chi connectivity index (χ1) is 10.2. The van der Waals surface area contributed by atoms with Gasteiger partial charge in [0.05, 0.1) is 6.54 Å². The first-order valence-corrected chi connectivity index (χ1v) is 8.32. The third-order valence-electron chi connectivity index (χ3n) is 2.60. The van der Waals surface area contributed by atoms with Gasteiger partial charge in [-0.1, -0.05) is 6.92 Å². The van der Waals surface area contributed by atoms with Crippen LogP contribution in [0.5, 0.6) is 5.75 Å². The van der Waals surface area contributed by atoms with E-state index in [4.69, 9.17) is 4.74 Å². The highest BCUT2D eigenvalue weighted by Gasteiger charge is 2.05. The van der Waals surface area contributed by atoms with Crippen LogP contribution < -0.4 is 15.4 Å². The number of benzene rings is 1. The molecule has 1 rings (SSSR count). The van der Waals surface area contributed by atoms with Crippen molar-refractivity contribution in [3.05, 3.63) is 27.8 Å². The Balaban J connectivity index is 0.00000441. The molecule has 1 unspecified atom stereocenters. The van der Waals surface area contributed by atoms with Gasteiger partial charge in [0.25, 0.3) is 0 Å². The highest BCUT2D eigenvalue weighted by atomic mass is 127. The predicted molar refractivity (Wildman–Crippen MR) is 110 cm³/mol. The Hall–Kier alpha value is -0.290. The van der Waals surface area contributed by atoms with Crippen LogP contribution in [0, 0.1) is 3.57 Å². The van der Waals surface area contributed by atoms with E-state index in [1.165, 1.54) is 0 Å². The van der Waals surface area contributed by atoms with Crippen LogP contribution in [0.4, 0.5) is 0 Å². The van der Waals surface area contributed by atoms with Crippen molar-refractivity contribution in [3.8, 4) is 5.75 Å². The molecule has 0 aliphatic carbocycles. The molecule has 1 aromatic carbocycles. The zero-order valence-corrected chi connectivity index (χ0v) is 17.5. The first kappa shape index (κ1) is 21.7. The van der Waals surface area contributed by atoms with Crippen LogP contribution in [0.15, 0.2) is 29.3 Å². The lowest BCUT2D eigenvalue weighted by molar-refractivity contribution is 0.114. The van der Waals surface area contributed by atoms with Gasteiger partial charge in [-0.15, -0.1) is 24.0 Å². The average Bonchev–Trinajstić information content (AvgIpc) is 2.49. The Morgan fingerprint density at radius 2 is 1.95 bits per heavy atom. The fourth-order valence-corrected chi connectivity index (χ4v) is 1.92. The number of nitrogens with one attached hydrogen (secondary N) is 2. The molecule has 0 spiro atoms. The number of aliphatic hydroxyl groups excluding tert-OH is 1. The zero-order valence-electron chi connectivity index (χ0n) is 13.0. The molecule has 0 saturated heterocycles. The van der Waals surface area contributed by atoms with Crippen molar-refractivity contribution in [1.29, 1.82) is 0 Å². The lowest BCUT2D eigenvalue weighted by Crippen LogP contribution is -2.38. The van der Waals surface area contributed by atoms with Crippen LogP contribution in [0.25, 0.3) is 0 Å². The lowest BCUT2D eigenvalue weighted by Gasteiger charge is -2.13. The van der Waals surface area contributed by atoms with Gasteiger partial charge in [-0.05, 0) is 60.2 Å². The van der Waals surface area contributed by atoms with Gasteiger partial charge < -0.3 is 20.5 Å². The van der Waals surface area contributed by atoms with E-state index in [2.05, 4.69) is 45.1 Å². The Bertz CT molecular complexity index is 427. The third kappa shape index (κ3) is 9.67. The Morgan fingerprint density at radius 1 is 1.27 bits per heavy atom. The molecule has 0 aromatic heterocycles. The molecule has 0 aliphatic rings. The summed E-state index contributed by atoms with van der Waals surface area (Å²) in [4.78, 5) is 4.34. The van der Waals surface area contributed by atoms with E-state index >= 15 is 0 Å². The van der Waals surface area contributed by atoms with Crippen molar-refractivity contribution < 1.29 is 9.84 Å². The van der Waals surface area contributed by atoms with E-state index in [1.54, 1.807) is 0 Å². The quantitative estimate of drug-likeness (QED) is 0.273. The number of aliphatic imine (C=N–C) groups is 1. The summed E-state index contributed by atoms with van der Waals surface area (Å²) < 4.78 is 6.69. The molecule has 0 radical (unpaired) electrons. The minimum absolute atomic E-state index is 0. The lowest BCUT2D eigenvalue weighted by atomic mass is 10.3. The van der Waals surface area contributed by atoms with Crippen molar-refractivity contribution >= 4 is 52.5 Å². The molecule has 0 heterocycles. The number of guanidine groups is 1. The number of aliphatic hydroxyl groups is 1. The largest absolute Gasteiger partial charge is 0.491 e. The number of hydrogen-bond donors (Lipinski definition) is 3. The van der Waals surface area contributed by atoms with E-state index in [9.17, 15) is 5.11 Å². The van der Waals surface area contributed by atoms with Gasteiger partial charge in [-0.3, -0.25) is 4.99 Å². The van der Waals surface area contributed by atoms with Gasteiger partial charge in [0.2, 0.25) is 0 Å². The summed E-state index contributed by atoms with van der Waals surface area (Å²) in [6.07, 6.45) is 0.407. The molecular weight excluding hydrogens is 508 g/mol. The van der Waals surface area contributed by atoms with Crippen molar-refractivity contribution in [1.82, 2.24) is 10.6 Å². The molecule has 7 heteroatoms. The smallest absolute Gasteiger partial charge is 0.191 e. The van der Waals surface area contributed by atoms with Crippen LogP contribution in [-0.2, 0) is 0 Å². The number of ether oxygens (including phenoxy) is 1. The maximum absolute atomic E-state index is 9.92. The summed E-state index contributed by atoms with van der Waals surface area (Å²) in [7, 11) is 0. The molecule has 3 N–H and O–H groups in total. The molecule has 0 fully saturated rings. The molecule has 126 valence electrons. The molecule has 22 heavy (non-hydrogen) atoms. The molecular formula is C15H25I2N3O2. The molecule has 5 nitrogen and oxygen atoms in total. The van der Waals surface area contributed by atoms with Crippen molar-refractivity contribution in [2.24, 2.45) is 4.99 Å². The molecule has 1 aromatic rings. The summed E-state index contributed by atoms with van der Waals surface area (Å²) in [6, 6.07) is 7.73. The summed E-state index contributed by atoms with van der Waals surface area (Å²) >= 11 is 2.24. The molecule has 0 saturated carbocycles. The Kier molecular flexibility index (Phi) is 13.0. The van der Waals surface area contributed by atoms with E-state index in [0.717, 1.165) is 34.8 Å². The van der Waals surface area contributed by atoms with Crippen molar-refractivity contribution in [2.45, 2.75) is 26.4 Å². The monoisotopic (exact) mass is 533 g/mol. The fourth-order valence-electron chi connectivity index (χ4n) is 1.56. The second kappa shape index (κ2) is 13.2. The van der Waals surface area contributed by atoms with Crippen LogP contribution in [0.1, 0.15) is 20.3 Å². The van der Waals surface area contributed by atoms with Crippen LogP contribution in [0.2, 0.25) is 0 Å². The minimum atomic E-state index is -0.624. The third-order valence-corrected chi connectivity index (χ3v) is 3.32. The molecule has 0 amide bonds. The van der Waals surface area contributed by atoms with Gasteiger partial charge in [0, 0.05) is 16.7 Å². The maximum Gasteiger partial charge on any atom is 0.191 e. The highest BCUT2D eigenvalue weighted by Crippen LogP contribution is 2.13.